The summed E-state index contributed by atoms with van der Waals surface area (Å²) in [6.07, 6.45) is 0. The van der Waals surface area contributed by atoms with Gasteiger partial charge in [-0.1, -0.05) is 45.8 Å². The van der Waals surface area contributed by atoms with Crippen LogP contribution in [0.4, 0.5) is 15.8 Å². The van der Waals surface area contributed by atoms with Gasteiger partial charge in [0.05, 0.1) is 16.3 Å². The van der Waals surface area contributed by atoms with Crippen molar-refractivity contribution in [3.63, 3.8) is 0 Å². The Kier molecular flexibility index (Phi) is 6.34. The Morgan fingerprint density at radius 2 is 1.62 bits per heavy atom. The molecule has 3 rings (SSSR count). The number of carbonyl (C=O) groups excluding carboxylic acids is 1. The van der Waals surface area contributed by atoms with Gasteiger partial charge >= 0.3 is 0 Å². The summed E-state index contributed by atoms with van der Waals surface area (Å²) >= 11 is 3.31. The summed E-state index contributed by atoms with van der Waals surface area (Å²) < 4.78 is 42.1. The van der Waals surface area contributed by atoms with Crippen LogP contribution in [0.5, 0.6) is 0 Å². The van der Waals surface area contributed by atoms with Crippen LogP contribution in [0, 0.1) is 12.7 Å². The van der Waals surface area contributed by atoms with E-state index in [9.17, 15) is 17.6 Å². The van der Waals surface area contributed by atoms with Gasteiger partial charge in [-0.3, -0.25) is 9.10 Å². The average Bonchev–Trinajstić information content (AvgIpc) is 2.69. The molecule has 1 amide bonds. The minimum Gasteiger partial charge on any atom is -0.322 e. The van der Waals surface area contributed by atoms with Crippen LogP contribution in [-0.2, 0) is 14.8 Å². The first kappa shape index (κ1) is 21.0. The molecule has 150 valence electrons. The van der Waals surface area contributed by atoms with E-state index in [1.54, 1.807) is 42.5 Å². The number of amides is 1. The van der Waals surface area contributed by atoms with Crippen LogP contribution >= 0.6 is 15.9 Å². The van der Waals surface area contributed by atoms with Crippen LogP contribution in [0.2, 0.25) is 0 Å². The minimum absolute atomic E-state index is 0.0130. The van der Waals surface area contributed by atoms with Gasteiger partial charge in [0.1, 0.15) is 12.4 Å². The van der Waals surface area contributed by atoms with Crippen LogP contribution in [0.3, 0.4) is 0 Å². The predicted octanol–water partition coefficient (Wildman–Crippen LogP) is 4.73. The van der Waals surface area contributed by atoms with Crippen molar-refractivity contribution in [2.24, 2.45) is 0 Å². The number of nitrogens with zero attached hydrogens (tertiary/aromatic N) is 1. The Balaban J connectivity index is 1.95. The number of benzene rings is 3. The second-order valence-electron chi connectivity index (χ2n) is 6.33. The second kappa shape index (κ2) is 8.75. The van der Waals surface area contributed by atoms with Gasteiger partial charge in [-0.05, 0) is 55.5 Å². The van der Waals surface area contributed by atoms with Crippen molar-refractivity contribution >= 4 is 43.2 Å². The molecule has 0 fully saturated rings. The molecule has 0 spiro atoms. The molecule has 3 aromatic carbocycles. The average molecular weight is 477 g/mol. The summed E-state index contributed by atoms with van der Waals surface area (Å²) in [6, 6.07) is 18.6. The van der Waals surface area contributed by atoms with Crippen molar-refractivity contribution in [2.45, 2.75) is 11.8 Å². The molecule has 1 N–H and O–H groups in total. The Morgan fingerprint density at radius 1 is 1.00 bits per heavy atom. The number of rotatable bonds is 6. The van der Waals surface area contributed by atoms with E-state index < -0.39 is 28.3 Å². The highest BCUT2D eigenvalue weighted by molar-refractivity contribution is 9.10. The van der Waals surface area contributed by atoms with Gasteiger partial charge in [0, 0.05) is 4.47 Å². The molecule has 0 unspecified atom stereocenters. The van der Waals surface area contributed by atoms with Crippen molar-refractivity contribution in [3.05, 3.63) is 88.6 Å². The number of nitrogens with one attached hydrogen (secondary N) is 1. The first-order valence-corrected chi connectivity index (χ1v) is 10.9. The van der Waals surface area contributed by atoms with Crippen molar-refractivity contribution in [1.82, 2.24) is 0 Å². The number of halogens is 2. The molecule has 3 aromatic rings. The Morgan fingerprint density at radius 3 is 2.24 bits per heavy atom. The van der Waals surface area contributed by atoms with Crippen LogP contribution in [0.1, 0.15) is 5.56 Å². The number of aryl methyl sites for hydroxylation is 1. The summed E-state index contributed by atoms with van der Waals surface area (Å²) in [7, 11) is -4.02. The lowest BCUT2D eigenvalue weighted by atomic mass is 10.2. The molecule has 0 saturated heterocycles. The first-order chi connectivity index (χ1) is 13.8. The quantitative estimate of drug-likeness (QED) is 0.558. The highest BCUT2D eigenvalue weighted by Crippen LogP contribution is 2.26. The third-order valence-electron chi connectivity index (χ3n) is 4.16. The highest BCUT2D eigenvalue weighted by atomic mass is 79.9. The topological polar surface area (TPSA) is 66.5 Å². The Hall–Kier alpha value is -2.71. The fraction of sp³-hybridized carbons (Fsp3) is 0.0952. The summed E-state index contributed by atoms with van der Waals surface area (Å²) in [6.45, 7) is 1.34. The van der Waals surface area contributed by atoms with Gasteiger partial charge in [-0.15, -0.1) is 0 Å². The first-order valence-electron chi connectivity index (χ1n) is 8.67. The lowest BCUT2D eigenvalue weighted by Gasteiger charge is -2.24. The van der Waals surface area contributed by atoms with Crippen molar-refractivity contribution in [3.8, 4) is 0 Å². The van der Waals surface area contributed by atoms with E-state index in [1.807, 2.05) is 6.92 Å². The van der Waals surface area contributed by atoms with E-state index in [0.717, 1.165) is 14.3 Å². The SMILES string of the molecule is Cc1ccc(S(=O)(=O)N(CC(=O)Nc2ccccc2F)c2ccc(Br)cc2)cc1. The molecule has 0 aliphatic carbocycles. The van der Waals surface area contributed by atoms with Gasteiger partial charge < -0.3 is 5.32 Å². The third-order valence-corrected chi connectivity index (χ3v) is 6.48. The van der Waals surface area contributed by atoms with Gasteiger partial charge in [-0.2, -0.15) is 0 Å². The predicted molar refractivity (Wildman–Crippen MR) is 115 cm³/mol. The maximum atomic E-state index is 13.8. The van der Waals surface area contributed by atoms with Crippen molar-refractivity contribution in [1.29, 1.82) is 0 Å². The number of hydrogen-bond acceptors (Lipinski definition) is 3. The van der Waals surface area contributed by atoms with E-state index in [4.69, 9.17) is 0 Å². The molecule has 0 saturated carbocycles. The zero-order chi connectivity index (χ0) is 21.0. The molecule has 0 radical (unpaired) electrons. The minimum atomic E-state index is -4.02. The molecule has 0 bridgehead atoms. The Bertz CT molecular complexity index is 1120. The van der Waals surface area contributed by atoms with E-state index in [-0.39, 0.29) is 10.6 Å². The standard InChI is InChI=1S/C21H18BrFN2O3S/c1-15-6-12-18(13-7-15)29(27,28)25(17-10-8-16(22)9-11-17)14-21(26)24-20-5-3-2-4-19(20)23/h2-13H,14H2,1H3,(H,24,26). The molecular weight excluding hydrogens is 459 g/mol. The van der Waals surface area contributed by atoms with Crippen LogP contribution in [0.15, 0.2) is 82.2 Å². The lowest BCUT2D eigenvalue weighted by molar-refractivity contribution is -0.114. The third kappa shape index (κ3) is 5.02. The van der Waals surface area contributed by atoms with Crippen LogP contribution < -0.4 is 9.62 Å². The summed E-state index contributed by atoms with van der Waals surface area (Å²) in [5.74, 6) is -1.26. The summed E-state index contributed by atoms with van der Waals surface area (Å²) in [5, 5.41) is 2.43. The lowest BCUT2D eigenvalue weighted by Crippen LogP contribution is -2.38. The number of sulfonamides is 1. The fourth-order valence-electron chi connectivity index (χ4n) is 2.64. The zero-order valence-corrected chi connectivity index (χ0v) is 17.9. The molecule has 0 aromatic heterocycles. The van der Waals surface area contributed by atoms with E-state index in [2.05, 4.69) is 21.2 Å². The molecule has 0 aliphatic rings. The second-order valence-corrected chi connectivity index (χ2v) is 9.11. The van der Waals surface area contributed by atoms with Gasteiger partial charge in [0.15, 0.2) is 0 Å². The zero-order valence-electron chi connectivity index (χ0n) is 15.5. The van der Waals surface area contributed by atoms with E-state index in [1.165, 1.54) is 30.3 Å². The van der Waals surface area contributed by atoms with Gasteiger partial charge in [-0.25, -0.2) is 12.8 Å². The smallest absolute Gasteiger partial charge is 0.264 e. The molecular formula is C21H18BrFN2O3S. The van der Waals surface area contributed by atoms with Crippen molar-refractivity contribution in [2.75, 3.05) is 16.2 Å². The number of carbonyl (C=O) groups is 1. The van der Waals surface area contributed by atoms with Crippen LogP contribution in [-0.4, -0.2) is 20.9 Å². The van der Waals surface area contributed by atoms with Gasteiger partial charge in [0.25, 0.3) is 10.0 Å². The molecule has 0 heterocycles. The van der Waals surface area contributed by atoms with E-state index in [0.29, 0.717) is 5.69 Å². The monoisotopic (exact) mass is 476 g/mol. The molecule has 29 heavy (non-hydrogen) atoms. The normalized spacial score (nSPS) is 11.1. The fourth-order valence-corrected chi connectivity index (χ4v) is 4.33. The van der Waals surface area contributed by atoms with E-state index >= 15 is 0 Å². The maximum absolute atomic E-state index is 13.8. The number of anilines is 2. The van der Waals surface area contributed by atoms with Gasteiger partial charge in [0.2, 0.25) is 5.91 Å². The molecule has 0 atom stereocenters. The number of hydrogen-bond donors (Lipinski definition) is 1. The molecule has 0 aliphatic heterocycles. The molecule has 8 heteroatoms. The maximum Gasteiger partial charge on any atom is 0.264 e. The Labute approximate surface area is 177 Å². The largest absolute Gasteiger partial charge is 0.322 e. The van der Waals surface area contributed by atoms with Crippen molar-refractivity contribution < 1.29 is 17.6 Å². The summed E-state index contributed by atoms with van der Waals surface area (Å²) in [4.78, 5) is 12.6. The summed E-state index contributed by atoms with van der Waals surface area (Å²) in [5.41, 5.74) is 1.22. The number of para-hydroxylation sites is 1. The molecule has 5 nitrogen and oxygen atoms in total. The highest BCUT2D eigenvalue weighted by Gasteiger charge is 2.27. The van der Waals surface area contributed by atoms with Crippen LogP contribution in [0.25, 0.3) is 0 Å².